The highest BCUT2D eigenvalue weighted by atomic mass is 32.2. The smallest absolute Gasteiger partial charge is 0.316 e. The molecule has 5 nitrogen and oxygen atoms in total. The Morgan fingerprint density at radius 2 is 1.52 bits per heavy atom. The van der Waals surface area contributed by atoms with Crippen LogP contribution in [0.4, 0.5) is 10.1 Å². The third-order valence-corrected chi connectivity index (χ3v) is 4.69. The summed E-state index contributed by atoms with van der Waals surface area (Å²) in [5.41, 5.74) is 0.548. The summed E-state index contributed by atoms with van der Waals surface area (Å²) in [6.45, 7) is -0.418. The molecule has 1 amide bonds. The predicted octanol–water partition coefficient (Wildman–Crippen LogP) is 4.89. The number of halogens is 1. The first-order chi connectivity index (χ1) is 14.1. The van der Waals surface area contributed by atoms with Crippen molar-refractivity contribution in [1.82, 2.24) is 0 Å². The second-order valence-electron chi connectivity index (χ2n) is 5.87. The highest BCUT2D eigenvalue weighted by molar-refractivity contribution is 8.00. The predicted molar refractivity (Wildman–Crippen MR) is 110 cm³/mol. The van der Waals surface area contributed by atoms with Crippen LogP contribution in [-0.4, -0.2) is 24.2 Å². The largest absolute Gasteiger partial charge is 0.457 e. The molecule has 1 N–H and O–H groups in total. The Labute approximate surface area is 171 Å². The molecule has 0 atom stereocenters. The van der Waals surface area contributed by atoms with Crippen molar-refractivity contribution in [1.29, 1.82) is 0 Å². The maximum Gasteiger partial charge on any atom is 0.316 e. The van der Waals surface area contributed by atoms with Gasteiger partial charge < -0.3 is 14.8 Å². The number of amides is 1. The van der Waals surface area contributed by atoms with E-state index in [1.807, 2.05) is 30.3 Å². The molecule has 0 aliphatic rings. The summed E-state index contributed by atoms with van der Waals surface area (Å²) in [7, 11) is 0. The molecule has 0 saturated carbocycles. The van der Waals surface area contributed by atoms with E-state index in [9.17, 15) is 14.0 Å². The topological polar surface area (TPSA) is 64.6 Å². The Morgan fingerprint density at radius 1 is 0.862 bits per heavy atom. The minimum absolute atomic E-state index is 0.0836. The van der Waals surface area contributed by atoms with E-state index in [1.165, 1.54) is 6.07 Å². The fourth-order valence-electron chi connectivity index (χ4n) is 2.31. The molecule has 0 saturated heterocycles. The van der Waals surface area contributed by atoms with Crippen LogP contribution < -0.4 is 10.1 Å². The van der Waals surface area contributed by atoms with Gasteiger partial charge in [0.05, 0.1) is 5.75 Å². The van der Waals surface area contributed by atoms with Gasteiger partial charge in [-0.05, 0) is 48.5 Å². The zero-order chi connectivity index (χ0) is 20.5. The van der Waals surface area contributed by atoms with Gasteiger partial charge in [-0.15, -0.1) is 11.8 Å². The molecular weight excluding hydrogens is 393 g/mol. The summed E-state index contributed by atoms with van der Waals surface area (Å²) >= 11 is 1.02. The molecule has 0 heterocycles. The Bertz CT molecular complexity index is 964. The third-order valence-electron chi connectivity index (χ3n) is 3.66. The van der Waals surface area contributed by atoms with Crippen molar-refractivity contribution in [2.75, 3.05) is 17.7 Å². The van der Waals surface area contributed by atoms with Crippen molar-refractivity contribution in [3.8, 4) is 11.5 Å². The first kappa shape index (κ1) is 20.4. The molecule has 3 aromatic rings. The summed E-state index contributed by atoms with van der Waals surface area (Å²) < 4.78 is 24.1. The van der Waals surface area contributed by atoms with E-state index >= 15 is 0 Å². The van der Waals surface area contributed by atoms with Gasteiger partial charge in [-0.2, -0.15) is 0 Å². The number of nitrogens with one attached hydrogen (secondary N) is 1. The van der Waals surface area contributed by atoms with Crippen LogP contribution in [0.15, 0.2) is 83.8 Å². The quantitative estimate of drug-likeness (QED) is 0.422. The number of anilines is 1. The van der Waals surface area contributed by atoms with E-state index in [0.717, 1.165) is 11.8 Å². The van der Waals surface area contributed by atoms with E-state index in [2.05, 4.69) is 5.32 Å². The van der Waals surface area contributed by atoms with E-state index in [4.69, 9.17) is 9.47 Å². The number of esters is 1. The van der Waals surface area contributed by atoms with Crippen LogP contribution in [0, 0.1) is 5.82 Å². The number of hydrogen-bond acceptors (Lipinski definition) is 5. The molecule has 3 aromatic carbocycles. The normalized spacial score (nSPS) is 10.2. The highest BCUT2D eigenvalue weighted by Gasteiger charge is 2.10. The fraction of sp³-hybridized carbons (Fsp3) is 0.0909. The minimum Gasteiger partial charge on any atom is -0.457 e. The SMILES string of the molecule is O=C(COC(=O)CSc1ccccc1F)Nc1ccc(Oc2ccccc2)cc1. The molecule has 0 fully saturated rings. The van der Waals surface area contributed by atoms with Gasteiger partial charge >= 0.3 is 5.97 Å². The standard InChI is InChI=1S/C22H18FNO4S/c23-19-8-4-5-9-20(19)29-15-22(26)27-14-21(25)24-16-10-12-18(13-11-16)28-17-6-2-1-3-7-17/h1-13H,14-15H2,(H,24,25). The molecule has 0 aliphatic carbocycles. The summed E-state index contributed by atoms with van der Waals surface area (Å²) in [6, 6.07) is 22.3. The lowest BCUT2D eigenvalue weighted by molar-refractivity contribution is -0.144. The lowest BCUT2D eigenvalue weighted by Crippen LogP contribution is -2.21. The molecule has 0 radical (unpaired) electrons. The van der Waals surface area contributed by atoms with Crippen LogP contribution in [0.1, 0.15) is 0 Å². The molecule has 148 valence electrons. The number of para-hydroxylation sites is 1. The average Bonchev–Trinajstić information content (AvgIpc) is 2.74. The molecule has 0 spiro atoms. The van der Waals surface area contributed by atoms with E-state index in [0.29, 0.717) is 22.1 Å². The lowest BCUT2D eigenvalue weighted by Gasteiger charge is -2.09. The number of carbonyl (C=O) groups excluding carboxylic acids is 2. The molecule has 29 heavy (non-hydrogen) atoms. The second-order valence-corrected chi connectivity index (χ2v) is 6.88. The van der Waals surface area contributed by atoms with Crippen LogP contribution in [-0.2, 0) is 14.3 Å². The zero-order valence-corrected chi connectivity index (χ0v) is 16.2. The number of rotatable bonds is 8. The Balaban J connectivity index is 1.41. The zero-order valence-electron chi connectivity index (χ0n) is 15.3. The number of thioether (sulfide) groups is 1. The summed E-state index contributed by atoms with van der Waals surface area (Å²) in [5.74, 6) is -0.205. The van der Waals surface area contributed by atoms with Crippen LogP contribution in [0.25, 0.3) is 0 Å². The van der Waals surface area contributed by atoms with Crippen LogP contribution >= 0.6 is 11.8 Å². The third kappa shape index (κ3) is 6.65. The fourth-order valence-corrected chi connectivity index (χ4v) is 3.05. The van der Waals surface area contributed by atoms with Crippen molar-refractivity contribution >= 4 is 29.3 Å². The molecule has 0 unspecified atom stereocenters. The van der Waals surface area contributed by atoms with Gasteiger partial charge in [0.25, 0.3) is 5.91 Å². The van der Waals surface area contributed by atoms with Crippen LogP contribution in [0.3, 0.4) is 0 Å². The molecule has 0 aliphatic heterocycles. The summed E-state index contributed by atoms with van der Waals surface area (Å²) in [6.07, 6.45) is 0. The van der Waals surface area contributed by atoms with Gasteiger partial charge in [0.15, 0.2) is 6.61 Å². The van der Waals surface area contributed by atoms with Gasteiger partial charge in [-0.25, -0.2) is 4.39 Å². The number of ether oxygens (including phenoxy) is 2. The number of hydrogen-bond donors (Lipinski definition) is 1. The van der Waals surface area contributed by atoms with Crippen LogP contribution in [0.2, 0.25) is 0 Å². The molecule has 3 rings (SSSR count). The van der Waals surface area contributed by atoms with Crippen molar-refractivity contribution in [2.45, 2.75) is 4.90 Å². The van der Waals surface area contributed by atoms with Gasteiger partial charge in [-0.1, -0.05) is 30.3 Å². The lowest BCUT2D eigenvalue weighted by atomic mass is 10.3. The maximum absolute atomic E-state index is 13.5. The second kappa shape index (κ2) is 10.3. The average molecular weight is 411 g/mol. The van der Waals surface area contributed by atoms with Gasteiger partial charge in [0.1, 0.15) is 17.3 Å². The van der Waals surface area contributed by atoms with Crippen molar-refractivity contribution in [3.63, 3.8) is 0 Å². The maximum atomic E-state index is 13.5. The first-order valence-corrected chi connectivity index (χ1v) is 9.74. The first-order valence-electron chi connectivity index (χ1n) is 8.76. The van der Waals surface area contributed by atoms with Crippen molar-refractivity contribution in [3.05, 3.63) is 84.7 Å². The van der Waals surface area contributed by atoms with Gasteiger partial charge in [0, 0.05) is 10.6 Å². The van der Waals surface area contributed by atoms with Crippen molar-refractivity contribution < 1.29 is 23.5 Å². The van der Waals surface area contributed by atoms with Gasteiger partial charge in [-0.3, -0.25) is 9.59 Å². The van der Waals surface area contributed by atoms with Crippen molar-refractivity contribution in [2.24, 2.45) is 0 Å². The molecule has 0 bridgehead atoms. The highest BCUT2D eigenvalue weighted by Crippen LogP contribution is 2.23. The van der Waals surface area contributed by atoms with E-state index in [1.54, 1.807) is 42.5 Å². The summed E-state index contributed by atoms with van der Waals surface area (Å²) in [5, 5.41) is 2.63. The number of carbonyl (C=O) groups is 2. The molecule has 7 heteroatoms. The monoisotopic (exact) mass is 411 g/mol. The van der Waals surface area contributed by atoms with E-state index < -0.39 is 24.3 Å². The molecular formula is C22H18FNO4S. The Hall–Kier alpha value is -3.32. The van der Waals surface area contributed by atoms with E-state index in [-0.39, 0.29) is 5.75 Å². The summed E-state index contributed by atoms with van der Waals surface area (Å²) in [4.78, 5) is 24.0. The number of benzene rings is 3. The molecule has 0 aromatic heterocycles. The Morgan fingerprint density at radius 3 is 2.24 bits per heavy atom. The van der Waals surface area contributed by atoms with Gasteiger partial charge in [0.2, 0.25) is 0 Å². The Kier molecular flexibility index (Phi) is 7.24. The van der Waals surface area contributed by atoms with Crippen LogP contribution in [0.5, 0.6) is 11.5 Å². The minimum atomic E-state index is -0.597.